The Bertz CT molecular complexity index is 445. The Labute approximate surface area is 120 Å². The molecule has 1 heterocycles. The van der Waals surface area contributed by atoms with Gasteiger partial charge >= 0.3 is 0 Å². The number of nitrogens with one attached hydrogen (secondary N) is 1. The van der Waals surface area contributed by atoms with Crippen LogP contribution in [-0.2, 0) is 16.2 Å². The Kier molecular flexibility index (Phi) is 5.28. The van der Waals surface area contributed by atoms with Crippen molar-refractivity contribution in [1.29, 1.82) is 0 Å². The van der Waals surface area contributed by atoms with Gasteiger partial charge in [0, 0.05) is 40.3 Å². The summed E-state index contributed by atoms with van der Waals surface area (Å²) in [6.45, 7) is 8.80. The molecule has 0 saturated carbocycles. The van der Waals surface area contributed by atoms with Crippen molar-refractivity contribution in [3.8, 4) is 0 Å². The Hall–Kier alpha value is -0.490. The Morgan fingerprint density at radius 3 is 2.56 bits per heavy atom. The molecule has 1 aromatic rings. The molecule has 102 valence electrons. The largest absolute Gasteiger partial charge is 0.369 e. The summed E-state index contributed by atoms with van der Waals surface area (Å²) in [4.78, 5) is 8.86. The summed E-state index contributed by atoms with van der Waals surface area (Å²) in [5.74, 6) is 1.55. The van der Waals surface area contributed by atoms with Gasteiger partial charge in [0.25, 0.3) is 0 Å². The Balaban J connectivity index is 2.84. The van der Waals surface area contributed by atoms with Crippen molar-refractivity contribution in [2.45, 2.75) is 38.4 Å². The summed E-state index contributed by atoms with van der Waals surface area (Å²) in [7, 11) is -0.829. The van der Waals surface area contributed by atoms with Gasteiger partial charge in [0.05, 0.1) is 0 Å². The lowest BCUT2D eigenvalue weighted by Gasteiger charge is -2.18. The van der Waals surface area contributed by atoms with Gasteiger partial charge in [0.1, 0.15) is 16.2 Å². The standard InChI is InChI=1S/C12H20BrN3OS/c1-8(18(5)17)7-14-10-6-9(13)15-11(16-10)12(2,3)4/h6,8H,7H2,1-5H3,(H,14,15,16). The lowest BCUT2D eigenvalue weighted by Crippen LogP contribution is -2.22. The highest BCUT2D eigenvalue weighted by Crippen LogP contribution is 2.22. The maximum atomic E-state index is 11.3. The van der Waals surface area contributed by atoms with Crippen LogP contribution in [0.25, 0.3) is 0 Å². The summed E-state index contributed by atoms with van der Waals surface area (Å²) >= 11 is 3.39. The van der Waals surface area contributed by atoms with Gasteiger partial charge in [-0.05, 0) is 22.9 Å². The quantitative estimate of drug-likeness (QED) is 0.860. The van der Waals surface area contributed by atoms with Crippen molar-refractivity contribution < 1.29 is 4.21 Å². The van der Waals surface area contributed by atoms with Crippen molar-refractivity contribution in [3.63, 3.8) is 0 Å². The minimum atomic E-state index is -0.829. The lowest BCUT2D eigenvalue weighted by atomic mass is 9.96. The van der Waals surface area contributed by atoms with E-state index in [4.69, 9.17) is 0 Å². The van der Waals surface area contributed by atoms with Gasteiger partial charge in [-0.15, -0.1) is 0 Å². The number of halogens is 1. The highest BCUT2D eigenvalue weighted by molar-refractivity contribution is 9.10. The van der Waals surface area contributed by atoms with E-state index in [1.54, 1.807) is 6.26 Å². The van der Waals surface area contributed by atoms with E-state index >= 15 is 0 Å². The average Bonchev–Trinajstić information content (AvgIpc) is 2.23. The first kappa shape index (κ1) is 15.6. The number of hydrogen-bond acceptors (Lipinski definition) is 4. The second-order valence-electron chi connectivity index (χ2n) is 5.34. The van der Waals surface area contributed by atoms with Crippen molar-refractivity contribution >= 4 is 32.5 Å². The van der Waals surface area contributed by atoms with Crippen molar-refractivity contribution in [2.24, 2.45) is 0 Å². The van der Waals surface area contributed by atoms with E-state index in [0.717, 1.165) is 16.2 Å². The van der Waals surface area contributed by atoms with Crippen molar-refractivity contribution in [3.05, 3.63) is 16.5 Å². The van der Waals surface area contributed by atoms with E-state index in [1.807, 2.05) is 13.0 Å². The van der Waals surface area contributed by atoms with Gasteiger partial charge in [-0.2, -0.15) is 0 Å². The third-order valence-corrected chi connectivity index (χ3v) is 4.21. The predicted molar refractivity (Wildman–Crippen MR) is 80.5 cm³/mol. The maximum absolute atomic E-state index is 11.3. The van der Waals surface area contributed by atoms with E-state index in [9.17, 15) is 4.21 Å². The zero-order valence-corrected chi connectivity index (χ0v) is 13.9. The summed E-state index contributed by atoms with van der Waals surface area (Å²) in [5, 5.41) is 3.30. The molecule has 1 N–H and O–H groups in total. The van der Waals surface area contributed by atoms with Crippen LogP contribution in [0.15, 0.2) is 10.7 Å². The lowest BCUT2D eigenvalue weighted by molar-refractivity contribution is 0.544. The van der Waals surface area contributed by atoms with E-state index in [0.29, 0.717) is 6.54 Å². The topological polar surface area (TPSA) is 54.9 Å². The highest BCUT2D eigenvalue weighted by atomic mass is 79.9. The number of hydrogen-bond donors (Lipinski definition) is 1. The molecule has 0 amide bonds. The molecule has 0 spiro atoms. The minimum Gasteiger partial charge on any atom is -0.369 e. The number of nitrogens with zero attached hydrogens (tertiary/aromatic N) is 2. The van der Waals surface area contributed by atoms with E-state index < -0.39 is 10.8 Å². The predicted octanol–water partition coefficient (Wildman–Crippen LogP) is 2.72. The van der Waals surface area contributed by atoms with Gasteiger partial charge in [-0.3, -0.25) is 4.21 Å². The van der Waals surface area contributed by atoms with Crippen LogP contribution < -0.4 is 5.32 Å². The molecular weight excluding hydrogens is 314 g/mol. The van der Waals surface area contributed by atoms with E-state index in [2.05, 4.69) is 52.0 Å². The third kappa shape index (κ3) is 4.65. The first-order valence-corrected chi connectivity index (χ1v) is 8.22. The molecule has 0 radical (unpaired) electrons. The molecular formula is C12H20BrN3OS. The molecule has 2 unspecified atom stereocenters. The van der Waals surface area contributed by atoms with Crippen molar-refractivity contribution in [2.75, 3.05) is 18.1 Å². The van der Waals surface area contributed by atoms with Gasteiger partial charge in [-0.1, -0.05) is 20.8 Å². The van der Waals surface area contributed by atoms with Gasteiger partial charge in [-0.25, -0.2) is 9.97 Å². The average molecular weight is 334 g/mol. The molecule has 2 atom stereocenters. The summed E-state index contributed by atoms with van der Waals surface area (Å²) in [6, 6.07) is 1.83. The fraction of sp³-hybridized carbons (Fsp3) is 0.667. The number of aromatic nitrogens is 2. The Morgan fingerprint density at radius 1 is 1.44 bits per heavy atom. The molecule has 0 saturated heterocycles. The second-order valence-corrected chi connectivity index (χ2v) is 7.95. The van der Waals surface area contributed by atoms with Crippen LogP contribution in [0.5, 0.6) is 0 Å². The molecule has 0 bridgehead atoms. The van der Waals surface area contributed by atoms with Crippen LogP contribution in [0.4, 0.5) is 5.82 Å². The normalized spacial score (nSPS) is 15.2. The zero-order chi connectivity index (χ0) is 13.9. The Morgan fingerprint density at radius 2 is 2.06 bits per heavy atom. The zero-order valence-electron chi connectivity index (χ0n) is 11.5. The van der Waals surface area contributed by atoms with E-state index in [1.165, 1.54) is 0 Å². The SMILES string of the molecule is CC(CNc1cc(Br)nc(C(C)(C)C)n1)S(C)=O. The molecule has 0 aliphatic carbocycles. The van der Waals surface area contributed by atoms with Crippen LogP contribution in [0.3, 0.4) is 0 Å². The molecule has 4 nitrogen and oxygen atoms in total. The van der Waals surface area contributed by atoms with Gasteiger partial charge in [0.2, 0.25) is 0 Å². The molecule has 1 aromatic heterocycles. The van der Waals surface area contributed by atoms with E-state index in [-0.39, 0.29) is 10.7 Å². The van der Waals surface area contributed by atoms with Crippen molar-refractivity contribution in [1.82, 2.24) is 9.97 Å². The fourth-order valence-electron chi connectivity index (χ4n) is 1.21. The molecule has 18 heavy (non-hydrogen) atoms. The number of rotatable bonds is 4. The summed E-state index contributed by atoms with van der Waals surface area (Å²) in [5.41, 5.74) is -0.0978. The molecule has 0 fully saturated rings. The number of anilines is 1. The van der Waals surface area contributed by atoms with Crippen LogP contribution in [0.2, 0.25) is 0 Å². The van der Waals surface area contributed by atoms with Gasteiger partial charge in [0.15, 0.2) is 0 Å². The second kappa shape index (κ2) is 6.10. The molecule has 0 aromatic carbocycles. The smallest absolute Gasteiger partial charge is 0.137 e. The molecule has 0 aliphatic heterocycles. The molecule has 1 rings (SSSR count). The van der Waals surface area contributed by atoms with Crippen LogP contribution in [0, 0.1) is 0 Å². The summed E-state index contributed by atoms with van der Waals surface area (Å²) in [6.07, 6.45) is 1.71. The molecule has 0 aliphatic rings. The van der Waals surface area contributed by atoms with Gasteiger partial charge < -0.3 is 5.32 Å². The maximum Gasteiger partial charge on any atom is 0.137 e. The first-order chi connectivity index (χ1) is 8.20. The van der Waals surface area contributed by atoms with Crippen LogP contribution in [-0.4, -0.2) is 32.2 Å². The minimum absolute atomic E-state index is 0.0943. The summed E-state index contributed by atoms with van der Waals surface area (Å²) < 4.78 is 12.0. The third-order valence-electron chi connectivity index (χ3n) is 2.50. The van der Waals surface area contributed by atoms with Crippen LogP contribution >= 0.6 is 15.9 Å². The fourth-order valence-corrected chi connectivity index (χ4v) is 1.91. The molecule has 6 heteroatoms. The first-order valence-electron chi connectivity index (χ1n) is 5.81. The monoisotopic (exact) mass is 333 g/mol. The highest BCUT2D eigenvalue weighted by Gasteiger charge is 2.18. The van der Waals surface area contributed by atoms with Crippen LogP contribution in [0.1, 0.15) is 33.5 Å².